The molecule has 5 N–H and O–H groups in total. The van der Waals surface area contributed by atoms with Crippen LogP contribution in [0, 0.1) is 0 Å². The molecule has 0 aliphatic heterocycles. The van der Waals surface area contributed by atoms with Crippen LogP contribution in [0.2, 0.25) is 0 Å². The zero-order valence-corrected chi connectivity index (χ0v) is 17.7. The molecule has 0 radical (unpaired) electrons. The maximum Gasteiger partial charge on any atom is 0.360 e. The molecule has 31 heavy (non-hydrogen) atoms. The number of ether oxygens (including phenoxy) is 1. The van der Waals surface area contributed by atoms with Crippen molar-refractivity contribution >= 4 is 28.5 Å². The quantitative estimate of drug-likeness (QED) is 0.313. The Morgan fingerprint density at radius 1 is 1.10 bits per heavy atom. The summed E-state index contributed by atoms with van der Waals surface area (Å²) in [6.45, 7) is 4.41. The van der Waals surface area contributed by atoms with E-state index in [1.807, 2.05) is 44.2 Å². The van der Waals surface area contributed by atoms with Crippen LogP contribution in [0.3, 0.4) is 0 Å². The molecule has 0 atom stereocenters. The number of aromatic nitrogens is 2. The molecule has 9 nitrogen and oxygen atoms in total. The van der Waals surface area contributed by atoms with Crippen LogP contribution in [-0.2, 0) is 11.3 Å². The van der Waals surface area contributed by atoms with Crippen LogP contribution in [0.5, 0.6) is 0 Å². The summed E-state index contributed by atoms with van der Waals surface area (Å²) in [6.07, 6.45) is 5.63. The van der Waals surface area contributed by atoms with Crippen molar-refractivity contribution in [1.29, 1.82) is 0 Å². The van der Waals surface area contributed by atoms with Gasteiger partial charge in [-0.05, 0) is 22.4 Å². The van der Waals surface area contributed by atoms with Crippen molar-refractivity contribution < 1.29 is 14.3 Å². The summed E-state index contributed by atoms with van der Waals surface area (Å²) in [4.78, 5) is 32.8. The maximum absolute atomic E-state index is 12.9. The Bertz CT molecular complexity index is 1080. The van der Waals surface area contributed by atoms with E-state index in [0.717, 1.165) is 16.3 Å². The summed E-state index contributed by atoms with van der Waals surface area (Å²) in [5.41, 5.74) is 6.65. The first-order valence-corrected chi connectivity index (χ1v) is 9.66. The van der Waals surface area contributed by atoms with Crippen molar-refractivity contribution in [1.82, 2.24) is 15.0 Å². The molecule has 0 bridgehead atoms. The third kappa shape index (κ3) is 5.55. The fraction of sp³-hybridized carbons (Fsp3) is 0.182. The van der Waals surface area contributed by atoms with Gasteiger partial charge in [-0.2, -0.15) is 0 Å². The molecule has 9 heteroatoms. The number of benzene rings is 2. The van der Waals surface area contributed by atoms with Gasteiger partial charge in [0.2, 0.25) is 0 Å². The Labute approximate surface area is 180 Å². The molecule has 3 rings (SSSR count). The zero-order chi connectivity index (χ0) is 22.8. The first kappa shape index (κ1) is 23.3. The molecule has 0 unspecified atom stereocenters. The number of rotatable bonds is 6. The topological polar surface area (TPSA) is 136 Å². The summed E-state index contributed by atoms with van der Waals surface area (Å²) >= 11 is 0. The summed E-state index contributed by atoms with van der Waals surface area (Å²) in [6, 6.07) is 11.0. The van der Waals surface area contributed by atoms with E-state index in [1.54, 1.807) is 12.3 Å². The van der Waals surface area contributed by atoms with E-state index in [9.17, 15) is 9.59 Å². The largest absolute Gasteiger partial charge is 0.464 e. The SMILES string of the molecule is CC.COC(=O)c1nccnc1NC(=O)c1ccc(CN(N)/C=C\N)c2ccccc12. The first-order valence-electron chi connectivity index (χ1n) is 9.66. The molecule has 162 valence electrons. The van der Waals surface area contributed by atoms with Crippen LogP contribution in [0.4, 0.5) is 5.82 Å². The minimum Gasteiger partial charge on any atom is -0.464 e. The fourth-order valence-electron chi connectivity index (χ4n) is 2.91. The highest BCUT2D eigenvalue weighted by Crippen LogP contribution is 2.25. The molecule has 0 saturated heterocycles. The van der Waals surface area contributed by atoms with Crippen LogP contribution in [0.15, 0.2) is 61.2 Å². The van der Waals surface area contributed by atoms with Gasteiger partial charge in [0.15, 0.2) is 11.5 Å². The van der Waals surface area contributed by atoms with E-state index in [-0.39, 0.29) is 11.5 Å². The summed E-state index contributed by atoms with van der Waals surface area (Å²) in [5, 5.41) is 5.69. The number of nitrogens with two attached hydrogens (primary N) is 2. The molecule has 0 spiro atoms. The molecule has 1 aromatic heterocycles. The Morgan fingerprint density at radius 2 is 1.77 bits per heavy atom. The number of hydrogen-bond acceptors (Lipinski definition) is 8. The van der Waals surface area contributed by atoms with E-state index in [4.69, 9.17) is 11.6 Å². The Kier molecular flexibility index (Phi) is 8.47. The lowest BCUT2D eigenvalue weighted by atomic mass is 9.99. The average Bonchev–Trinajstić information content (AvgIpc) is 2.80. The smallest absolute Gasteiger partial charge is 0.360 e. The molecule has 3 aromatic rings. The van der Waals surface area contributed by atoms with Crippen molar-refractivity contribution in [3.63, 3.8) is 0 Å². The number of hydrazine groups is 1. The van der Waals surface area contributed by atoms with Gasteiger partial charge >= 0.3 is 5.97 Å². The van der Waals surface area contributed by atoms with Crippen LogP contribution >= 0.6 is 0 Å². The number of fused-ring (bicyclic) bond motifs is 1. The minimum absolute atomic E-state index is 0.0266. The number of nitrogens with zero attached hydrogens (tertiary/aromatic N) is 3. The van der Waals surface area contributed by atoms with Crippen LogP contribution < -0.4 is 16.9 Å². The standard InChI is InChI=1S/C20H20N6O3.C2H6/c1-29-20(28)17-18(24-10-9-23-17)25-19(27)16-7-6-13(12-26(22)11-8-21)14-4-2-3-5-15(14)16;1-2/h2-11H,12,21-22H2,1H3,(H,24,25,27);1-2H3/b11-8-;. The number of anilines is 1. The molecule has 0 saturated carbocycles. The van der Waals surface area contributed by atoms with Crippen LogP contribution in [0.25, 0.3) is 10.8 Å². The predicted molar refractivity (Wildman–Crippen MR) is 120 cm³/mol. The number of amides is 1. The van der Waals surface area contributed by atoms with Gasteiger partial charge in [-0.3, -0.25) is 4.79 Å². The molecular weight excluding hydrogens is 396 g/mol. The fourth-order valence-corrected chi connectivity index (χ4v) is 2.91. The van der Waals surface area contributed by atoms with E-state index in [0.29, 0.717) is 12.1 Å². The van der Waals surface area contributed by atoms with Crippen LogP contribution in [-0.4, -0.2) is 34.0 Å². The van der Waals surface area contributed by atoms with Crippen molar-refractivity contribution in [2.75, 3.05) is 12.4 Å². The normalized spacial score (nSPS) is 10.3. The van der Waals surface area contributed by atoms with Crippen molar-refractivity contribution in [3.05, 3.63) is 78.0 Å². The van der Waals surface area contributed by atoms with Gasteiger partial charge in [0.1, 0.15) is 0 Å². The molecular formula is C22H26N6O3. The highest BCUT2D eigenvalue weighted by atomic mass is 16.5. The van der Waals surface area contributed by atoms with E-state index in [2.05, 4.69) is 20.0 Å². The van der Waals surface area contributed by atoms with Gasteiger partial charge < -0.3 is 20.8 Å². The number of nitrogens with one attached hydrogen (secondary N) is 1. The Balaban J connectivity index is 0.00000166. The van der Waals surface area contributed by atoms with Crippen molar-refractivity contribution in [2.45, 2.75) is 20.4 Å². The highest BCUT2D eigenvalue weighted by Gasteiger charge is 2.19. The second-order valence-corrected chi connectivity index (χ2v) is 6.03. The number of carbonyl (C=O) groups excluding carboxylic acids is 2. The van der Waals surface area contributed by atoms with E-state index in [1.165, 1.54) is 30.7 Å². The number of esters is 1. The Hall–Kier alpha value is -3.98. The van der Waals surface area contributed by atoms with Crippen LogP contribution in [0.1, 0.15) is 40.3 Å². The van der Waals surface area contributed by atoms with E-state index >= 15 is 0 Å². The molecule has 1 amide bonds. The molecule has 0 aliphatic carbocycles. The summed E-state index contributed by atoms with van der Waals surface area (Å²) in [7, 11) is 1.23. The van der Waals surface area contributed by atoms with Gasteiger partial charge in [-0.1, -0.05) is 44.2 Å². The number of hydrogen-bond donors (Lipinski definition) is 3. The predicted octanol–water partition coefficient (Wildman–Crippen LogP) is 2.80. The van der Waals surface area contributed by atoms with Crippen molar-refractivity contribution in [2.24, 2.45) is 11.6 Å². The maximum atomic E-state index is 12.9. The third-order valence-corrected chi connectivity index (χ3v) is 4.20. The number of carbonyl (C=O) groups is 2. The lowest BCUT2D eigenvalue weighted by Gasteiger charge is -2.16. The molecule has 0 fully saturated rings. The third-order valence-electron chi connectivity index (χ3n) is 4.20. The van der Waals surface area contributed by atoms with Gasteiger partial charge in [0.25, 0.3) is 5.91 Å². The lowest BCUT2D eigenvalue weighted by Crippen LogP contribution is -2.25. The average molecular weight is 422 g/mol. The van der Waals surface area contributed by atoms with Gasteiger partial charge in [-0.15, -0.1) is 0 Å². The molecule has 0 aliphatic rings. The highest BCUT2D eigenvalue weighted by molar-refractivity contribution is 6.14. The Morgan fingerprint density at radius 3 is 2.45 bits per heavy atom. The second-order valence-electron chi connectivity index (χ2n) is 6.03. The van der Waals surface area contributed by atoms with Gasteiger partial charge in [-0.25, -0.2) is 20.6 Å². The second kappa shape index (κ2) is 11.3. The zero-order valence-electron chi connectivity index (χ0n) is 17.7. The van der Waals surface area contributed by atoms with Gasteiger partial charge in [0.05, 0.1) is 13.7 Å². The minimum atomic E-state index is -0.690. The monoisotopic (exact) mass is 422 g/mol. The number of methoxy groups -OCH3 is 1. The molecule has 1 heterocycles. The summed E-state index contributed by atoms with van der Waals surface area (Å²) in [5.74, 6) is 4.80. The van der Waals surface area contributed by atoms with Gasteiger partial charge in [0, 0.05) is 30.4 Å². The first-order chi connectivity index (χ1) is 15.0. The van der Waals surface area contributed by atoms with Crippen molar-refractivity contribution in [3.8, 4) is 0 Å². The summed E-state index contributed by atoms with van der Waals surface area (Å²) < 4.78 is 4.68. The van der Waals surface area contributed by atoms with E-state index < -0.39 is 11.9 Å². The molecule has 2 aromatic carbocycles. The lowest BCUT2D eigenvalue weighted by molar-refractivity contribution is 0.0595.